The number of benzene rings is 1. The van der Waals surface area contributed by atoms with Crippen molar-refractivity contribution in [3.05, 3.63) is 52.4 Å². The number of carbonyl (C=O) groups is 1. The van der Waals surface area contributed by atoms with E-state index >= 15 is 0 Å². The number of rotatable bonds is 6. The van der Waals surface area contributed by atoms with Gasteiger partial charge in [-0.1, -0.05) is 30.7 Å². The van der Waals surface area contributed by atoms with E-state index in [2.05, 4.69) is 21.8 Å². The van der Waals surface area contributed by atoms with Crippen LogP contribution in [0.2, 0.25) is 5.02 Å². The Morgan fingerprint density at radius 2 is 1.88 bits per heavy atom. The van der Waals surface area contributed by atoms with E-state index in [0.29, 0.717) is 44.0 Å². The molecule has 8 heteroatoms. The SMILES string of the molecule is C[C@@H]1C[C@@H](O)c2ncnc(N3CCN(C(=O)[C@H](CCC(C)(C)N)c4ccc(Cl)cc4)CC3)c21. The van der Waals surface area contributed by atoms with E-state index in [1.165, 1.54) is 6.33 Å². The standard InChI is InChI=1S/C25H34ClN5O2/c1-16-14-20(32)22-21(16)23(29-15-28-22)30-10-12-31(13-11-30)24(33)19(8-9-25(2,3)27)17-4-6-18(26)7-5-17/h4-7,15-16,19-20,32H,8-14,27H2,1-3H3/t16-,19-,20-/m1/s1. The van der Waals surface area contributed by atoms with Crippen molar-refractivity contribution in [3.63, 3.8) is 0 Å². The molecule has 1 aliphatic carbocycles. The molecule has 0 unspecified atom stereocenters. The van der Waals surface area contributed by atoms with Gasteiger partial charge in [0.05, 0.1) is 17.7 Å². The van der Waals surface area contributed by atoms with Gasteiger partial charge in [0, 0.05) is 42.3 Å². The van der Waals surface area contributed by atoms with Crippen LogP contribution in [-0.4, -0.2) is 57.6 Å². The fourth-order valence-corrected chi connectivity index (χ4v) is 5.08. The highest BCUT2D eigenvalue weighted by Crippen LogP contribution is 2.42. The Morgan fingerprint density at radius 3 is 2.52 bits per heavy atom. The van der Waals surface area contributed by atoms with Gasteiger partial charge in [0.25, 0.3) is 0 Å². The molecule has 3 atom stereocenters. The van der Waals surface area contributed by atoms with Crippen LogP contribution in [0.1, 0.15) is 74.8 Å². The van der Waals surface area contributed by atoms with Crippen LogP contribution in [-0.2, 0) is 4.79 Å². The second-order valence-corrected chi connectivity index (χ2v) is 10.5. The number of hydrogen-bond donors (Lipinski definition) is 2. The average molecular weight is 472 g/mol. The molecule has 178 valence electrons. The molecule has 3 N–H and O–H groups in total. The maximum absolute atomic E-state index is 13.6. The summed E-state index contributed by atoms with van der Waals surface area (Å²) in [4.78, 5) is 26.7. The van der Waals surface area contributed by atoms with Crippen molar-refractivity contribution in [2.45, 2.75) is 63.5 Å². The first-order chi connectivity index (χ1) is 15.6. The van der Waals surface area contributed by atoms with E-state index in [4.69, 9.17) is 17.3 Å². The second-order valence-electron chi connectivity index (χ2n) is 10.1. The minimum absolute atomic E-state index is 0.137. The molecule has 2 heterocycles. The highest BCUT2D eigenvalue weighted by atomic mass is 35.5. The Morgan fingerprint density at radius 1 is 1.21 bits per heavy atom. The minimum atomic E-state index is -0.522. The van der Waals surface area contributed by atoms with Crippen LogP contribution in [0.25, 0.3) is 0 Å². The van der Waals surface area contributed by atoms with Gasteiger partial charge in [0.15, 0.2) is 0 Å². The molecule has 2 aromatic rings. The minimum Gasteiger partial charge on any atom is -0.387 e. The van der Waals surface area contributed by atoms with E-state index in [0.717, 1.165) is 29.1 Å². The van der Waals surface area contributed by atoms with Crippen LogP contribution in [0.4, 0.5) is 5.82 Å². The molecule has 1 aromatic carbocycles. The predicted octanol–water partition coefficient (Wildman–Crippen LogP) is 3.62. The number of amides is 1. The zero-order valence-corrected chi connectivity index (χ0v) is 20.4. The normalized spacial score (nSPS) is 21.8. The van der Waals surface area contributed by atoms with Gasteiger partial charge < -0.3 is 20.6 Å². The van der Waals surface area contributed by atoms with Crippen molar-refractivity contribution in [2.75, 3.05) is 31.1 Å². The Balaban J connectivity index is 1.48. The van der Waals surface area contributed by atoms with Gasteiger partial charge in [0.1, 0.15) is 12.1 Å². The number of fused-ring (bicyclic) bond motifs is 1. The van der Waals surface area contributed by atoms with Crippen LogP contribution in [0.3, 0.4) is 0 Å². The Labute approximate surface area is 201 Å². The molecule has 1 saturated heterocycles. The molecule has 4 rings (SSSR count). The summed E-state index contributed by atoms with van der Waals surface area (Å²) in [5, 5.41) is 11.0. The molecule has 1 amide bonds. The van der Waals surface area contributed by atoms with Crippen molar-refractivity contribution in [1.82, 2.24) is 14.9 Å². The van der Waals surface area contributed by atoms with Crippen LogP contribution in [0, 0.1) is 0 Å². The number of aliphatic hydroxyl groups excluding tert-OH is 1. The third-order valence-corrected chi connectivity index (χ3v) is 7.07. The Bertz CT molecular complexity index is 983. The third-order valence-electron chi connectivity index (χ3n) is 6.82. The third kappa shape index (κ3) is 5.31. The smallest absolute Gasteiger partial charge is 0.230 e. The lowest BCUT2D eigenvalue weighted by molar-refractivity contribution is -0.133. The maximum atomic E-state index is 13.6. The highest BCUT2D eigenvalue weighted by Gasteiger charge is 2.35. The lowest BCUT2D eigenvalue weighted by Crippen LogP contribution is -2.50. The molecule has 1 aromatic heterocycles. The molecular weight excluding hydrogens is 438 g/mol. The number of nitrogens with two attached hydrogens (primary N) is 1. The van der Waals surface area contributed by atoms with E-state index in [1.807, 2.05) is 43.0 Å². The van der Waals surface area contributed by atoms with Gasteiger partial charge in [0.2, 0.25) is 5.91 Å². The summed E-state index contributed by atoms with van der Waals surface area (Å²) in [7, 11) is 0. The van der Waals surface area contributed by atoms with Crippen molar-refractivity contribution in [1.29, 1.82) is 0 Å². The topological polar surface area (TPSA) is 95.6 Å². The van der Waals surface area contributed by atoms with E-state index in [1.54, 1.807) is 0 Å². The number of nitrogens with zero attached hydrogens (tertiary/aromatic N) is 4. The molecule has 0 radical (unpaired) electrons. The largest absolute Gasteiger partial charge is 0.387 e. The molecule has 7 nitrogen and oxygen atoms in total. The monoisotopic (exact) mass is 471 g/mol. The zero-order chi connectivity index (χ0) is 23.8. The van der Waals surface area contributed by atoms with Crippen LogP contribution in [0.15, 0.2) is 30.6 Å². The molecule has 0 spiro atoms. The summed E-state index contributed by atoms with van der Waals surface area (Å²) >= 11 is 6.08. The quantitative estimate of drug-likeness (QED) is 0.668. The van der Waals surface area contributed by atoms with E-state index in [-0.39, 0.29) is 23.3 Å². The van der Waals surface area contributed by atoms with Crippen molar-refractivity contribution in [2.24, 2.45) is 5.73 Å². The van der Waals surface area contributed by atoms with Crippen molar-refractivity contribution in [3.8, 4) is 0 Å². The van der Waals surface area contributed by atoms with Gasteiger partial charge in [-0.2, -0.15) is 0 Å². The first kappa shape index (κ1) is 23.9. The zero-order valence-electron chi connectivity index (χ0n) is 19.7. The molecule has 0 bridgehead atoms. The number of aromatic nitrogens is 2. The Kier molecular flexibility index (Phi) is 6.93. The first-order valence-corrected chi connectivity index (χ1v) is 12.1. The molecular formula is C25H34ClN5O2. The van der Waals surface area contributed by atoms with Gasteiger partial charge in [-0.3, -0.25) is 4.79 Å². The van der Waals surface area contributed by atoms with Crippen molar-refractivity contribution < 1.29 is 9.90 Å². The fraction of sp³-hybridized carbons (Fsp3) is 0.560. The summed E-state index contributed by atoms with van der Waals surface area (Å²) in [5.74, 6) is 1.02. The average Bonchev–Trinajstić information content (AvgIpc) is 3.08. The number of carbonyl (C=O) groups excluding carboxylic acids is 1. The predicted molar refractivity (Wildman–Crippen MR) is 131 cm³/mol. The van der Waals surface area contributed by atoms with E-state index in [9.17, 15) is 9.90 Å². The van der Waals surface area contributed by atoms with Gasteiger partial charge >= 0.3 is 0 Å². The molecule has 1 fully saturated rings. The van der Waals surface area contributed by atoms with Crippen LogP contribution in [0.5, 0.6) is 0 Å². The first-order valence-electron chi connectivity index (χ1n) is 11.7. The molecule has 2 aliphatic rings. The van der Waals surface area contributed by atoms with Crippen molar-refractivity contribution >= 4 is 23.3 Å². The van der Waals surface area contributed by atoms with Crippen LogP contribution >= 0.6 is 11.6 Å². The van der Waals surface area contributed by atoms with Crippen LogP contribution < -0.4 is 10.6 Å². The lowest BCUT2D eigenvalue weighted by atomic mass is 9.87. The number of hydrogen-bond acceptors (Lipinski definition) is 6. The summed E-state index contributed by atoms with van der Waals surface area (Å²) in [5.41, 5.74) is 8.67. The summed E-state index contributed by atoms with van der Waals surface area (Å²) in [6, 6.07) is 7.57. The number of anilines is 1. The Hall–Kier alpha value is -2.22. The fourth-order valence-electron chi connectivity index (χ4n) is 4.96. The van der Waals surface area contributed by atoms with Gasteiger partial charge in [-0.25, -0.2) is 9.97 Å². The number of halogens is 1. The number of aliphatic hydroxyl groups is 1. The molecule has 1 aliphatic heterocycles. The lowest BCUT2D eigenvalue weighted by Gasteiger charge is -2.38. The maximum Gasteiger partial charge on any atom is 0.230 e. The van der Waals surface area contributed by atoms with Gasteiger partial charge in [-0.05, 0) is 56.7 Å². The highest BCUT2D eigenvalue weighted by molar-refractivity contribution is 6.30. The summed E-state index contributed by atoms with van der Waals surface area (Å²) in [6.07, 6.45) is 3.14. The molecule has 0 saturated carbocycles. The molecule has 33 heavy (non-hydrogen) atoms. The van der Waals surface area contributed by atoms with Gasteiger partial charge in [-0.15, -0.1) is 0 Å². The summed E-state index contributed by atoms with van der Waals surface area (Å²) < 4.78 is 0. The summed E-state index contributed by atoms with van der Waals surface area (Å²) in [6.45, 7) is 8.76. The van der Waals surface area contributed by atoms with E-state index < -0.39 is 6.10 Å². The number of piperazine rings is 1. The second kappa shape index (κ2) is 9.57.